The van der Waals surface area contributed by atoms with Gasteiger partial charge < -0.3 is 10.7 Å². The first-order valence-corrected chi connectivity index (χ1v) is 7.66. The highest BCUT2D eigenvalue weighted by molar-refractivity contribution is 7.90. The number of benzene rings is 2. The second-order valence-electron chi connectivity index (χ2n) is 4.79. The maximum absolute atomic E-state index is 12.6. The van der Waals surface area contributed by atoms with Crippen molar-refractivity contribution >= 4 is 26.7 Å². The summed E-state index contributed by atoms with van der Waals surface area (Å²) < 4.78 is 26.0. The highest BCUT2D eigenvalue weighted by Crippen LogP contribution is 2.20. The fourth-order valence-corrected chi connectivity index (χ4v) is 3.53. The van der Waals surface area contributed by atoms with E-state index >= 15 is 0 Å². The van der Waals surface area contributed by atoms with Crippen molar-refractivity contribution < 1.29 is 8.42 Å². The van der Waals surface area contributed by atoms with Crippen molar-refractivity contribution in [3.63, 3.8) is 0 Å². The molecule has 2 aromatic carbocycles. The van der Waals surface area contributed by atoms with E-state index in [1.165, 1.54) is 24.3 Å². The zero-order valence-electron chi connectivity index (χ0n) is 11.2. The Morgan fingerprint density at radius 2 is 1.76 bits per heavy atom. The first-order chi connectivity index (χ1) is 9.89. The first kappa shape index (κ1) is 13.4. The largest absolute Gasteiger partial charge is 0.399 e. The van der Waals surface area contributed by atoms with E-state index in [1.54, 1.807) is 18.2 Å². The molecule has 0 aliphatic carbocycles. The van der Waals surface area contributed by atoms with Crippen molar-refractivity contribution in [2.24, 2.45) is 0 Å². The van der Waals surface area contributed by atoms with E-state index in [2.05, 4.69) is 4.98 Å². The van der Waals surface area contributed by atoms with Gasteiger partial charge in [-0.1, -0.05) is 17.7 Å². The zero-order valence-corrected chi connectivity index (χ0v) is 12.0. The van der Waals surface area contributed by atoms with Gasteiger partial charge in [-0.15, -0.1) is 0 Å². The van der Waals surface area contributed by atoms with Crippen LogP contribution in [0.1, 0.15) is 5.56 Å². The minimum absolute atomic E-state index is 0.0629. The molecule has 0 saturated carbocycles. The van der Waals surface area contributed by atoms with Crippen molar-refractivity contribution in [3.8, 4) is 0 Å². The molecule has 7 heteroatoms. The molecule has 0 aliphatic heterocycles. The summed E-state index contributed by atoms with van der Waals surface area (Å²) in [5.74, 6) is 0. The second-order valence-corrected chi connectivity index (χ2v) is 6.58. The third kappa shape index (κ3) is 2.11. The summed E-state index contributed by atoms with van der Waals surface area (Å²) in [4.78, 5) is 14.6. The van der Waals surface area contributed by atoms with Gasteiger partial charge in [0.15, 0.2) is 0 Å². The SMILES string of the molecule is Cc1ccc(S(=O)(=O)n2c(=O)[nH]c3cc(N)ccc32)cc1. The zero-order chi connectivity index (χ0) is 15.2. The summed E-state index contributed by atoms with van der Waals surface area (Å²) in [7, 11) is -3.95. The van der Waals surface area contributed by atoms with Crippen molar-refractivity contribution in [2.75, 3.05) is 5.73 Å². The smallest absolute Gasteiger partial charge is 0.340 e. The van der Waals surface area contributed by atoms with Crippen LogP contribution in [0.5, 0.6) is 0 Å². The molecule has 6 nitrogen and oxygen atoms in total. The fraction of sp³-hybridized carbons (Fsp3) is 0.0714. The molecule has 3 rings (SSSR count). The van der Waals surface area contributed by atoms with Crippen molar-refractivity contribution in [3.05, 3.63) is 58.5 Å². The molecule has 0 saturated heterocycles. The lowest BCUT2D eigenvalue weighted by Gasteiger charge is -2.06. The van der Waals surface area contributed by atoms with Gasteiger partial charge in [0.25, 0.3) is 10.0 Å². The van der Waals surface area contributed by atoms with E-state index in [0.29, 0.717) is 11.2 Å². The maximum atomic E-state index is 12.6. The molecule has 0 amide bonds. The molecule has 0 fully saturated rings. The number of rotatable bonds is 2. The number of imidazole rings is 1. The molecule has 0 unspecified atom stereocenters. The minimum atomic E-state index is -3.95. The van der Waals surface area contributed by atoms with Crippen molar-refractivity contribution in [1.82, 2.24) is 8.96 Å². The van der Waals surface area contributed by atoms with Gasteiger partial charge >= 0.3 is 5.69 Å². The molecule has 21 heavy (non-hydrogen) atoms. The Bertz CT molecular complexity index is 982. The maximum Gasteiger partial charge on any atom is 0.340 e. The monoisotopic (exact) mass is 303 g/mol. The molecule has 1 heterocycles. The van der Waals surface area contributed by atoms with E-state index < -0.39 is 15.7 Å². The molecular formula is C14H13N3O3S. The summed E-state index contributed by atoms with van der Waals surface area (Å²) in [5.41, 5.74) is 6.97. The van der Waals surface area contributed by atoms with Gasteiger partial charge in [-0.05, 0) is 37.3 Å². The number of hydrogen-bond acceptors (Lipinski definition) is 4. The Hall–Kier alpha value is -2.54. The molecule has 0 bridgehead atoms. The van der Waals surface area contributed by atoms with Gasteiger partial charge in [-0.25, -0.2) is 13.2 Å². The van der Waals surface area contributed by atoms with Crippen LogP contribution in [-0.2, 0) is 10.0 Å². The normalized spacial score (nSPS) is 11.9. The number of aromatic amines is 1. The number of nitrogens with two attached hydrogens (primary N) is 1. The number of fused-ring (bicyclic) bond motifs is 1. The van der Waals surface area contributed by atoms with E-state index in [1.807, 2.05) is 6.92 Å². The predicted octanol–water partition coefficient (Wildman–Crippen LogP) is 1.46. The second kappa shape index (κ2) is 4.49. The standard InChI is InChI=1S/C14H13N3O3S/c1-9-2-5-11(6-3-9)21(19,20)17-13-7-4-10(15)8-12(13)16-14(17)18/h2-8H,15H2,1H3,(H,16,18). The molecule has 0 atom stereocenters. The molecule has 3 N–H and O–H groups in total. The van der Waals surface area contributed by atoms with Crippen molar-refractivity contribution in [2.45, 2.75) is 11.8 Å². The highest BCUT2D eigenvalue weighted by Gasteiger charge is 2.22. The fourth-order valence-electron chi connectivity index (χ4n) is 2.16. The van der Waals surface area contributed by atoms with Crippen LogP contribution in [0.4, 0.5) is 5.69 Å². The highest BCUT2D eigenvalue weighted by atomic mass is 32.2. The lowest BCUT2D eigenvalue weighted by molar-refractivity contribution is 0.587. The predicted molar refractivity (Wildman–Crippen MR) is 80.7 cm³/mol. The molecular weight excluding hydrogens is 290 g/mol. The summed E-state index contributed by atoms with van der Waals surface area (Å²) in [6, 6.07) is 10.9. The summed E-state index contributed by atoms with van der Waals surface area (Å²) in [6.45, 7) is 1.86. The number of aryl methyl sites for hydroxylation is 1. The third-order valence-electron chi connectivity index (χ3n) is 3.22. The number of nitrogen functional groups attached to an aromatic ring is 1. The van der Waals surface area contributed by atoms with Gasteiger partial charge in [0.1, 0.15) is 0 Å². The number of aromatic nitrogens is 2. The van der Waals surface area contributed by atoms with Gasteiger partial charge in [0, 0.05) is 5.69 Å². The topological polar surface area (TPSA) is 98.0 Å². The number of H-pyrrole nitrogens is 1. The molecule has 108 valence electrons. The van der Waals surface area contributed by atoms with Gasteiger partial charge in [-0.2, -0.15) is 3.97 Å². The average Bonchev–Trinajstić information content (AvgIpc) is 2.74. The first-order valence-electron chi connectivity index (χ1n) is 6.22. The summed E-state index contributed by atoms with van der Waals surface area (Å²) >= 11 is 0. The van der Waals surface area contributed by atoms with Crippen LogP contribution in [0.3, 0.4) is 0 Å². The Labute approximate surface area is 120 Å². The van der Waals surface area contributed by atoms with Crippen LogP contribution in [0.2, 0.25) is 0 Å². The van der Waals surface area contributed by atoms with Crippen LogP contribution in [0, 0.1) is 6.92 Å². The van der Waals surface area contributed by atoms with Gasteiger partial charge in [0.05, 0.1) is 15.9 Å². The molecule has 3 aromatic rings. The molecule has 0 radical (unpaired) electrons. The Balaban J connectivity index is 2.31. The minimum Gasteiger partial charge on any atom is -0.399 e. The van der Waals surface area contributed by atoms with Crippen LogP contribution >= 0.6 is 0 Å². The quantitative estimate of drug-likeness (QED) is 0.700. The Morgan fingerprint density at radius 3 is 2.43 bits per heavy atom. The van der Waals surface area contributed by atoms with Gasteiger partial charge in [-0.3, -0.25) is 0 Å². The molecule has 0 aliphatic rings. The van der Waals surface area contributed by atoms with E-state index in [9.17, 15) is 13.2 Å². The summed E-state index contributed by atoms with van der Waals surface area (Å²) in [5, 5.41) is 0. The number of nitrogens with one attached hydrogen (secondary N) is 1. The van der Waals surface area contributed by atoms with Crippen LogP contribution in [0.15, 0.2) is 52.2 Å². The van der Waals surface area contributed by atoms with E-state index in [-0.39, 0.29) is 10.4 Å². The molecule has 1 aromatic heterocycles. The Morgan fingerprint density at radius 1 is 1.10 bits per heavy atom. The van der Waals surface area contributed by atoms with E-state index in [0.717, 1.165) is 9.54 Å². The number of hydrogen-bond donors (Lipinski definition) is 2. The molecule has 0 spiro atoms. The van der Waals surface area contributed by atoms with E-state index in [4.69, 9.17) is 5.73 Å². The van der Waals surface area contributed by atoms with Gasteiger partial charge in [0.2, 0.25) is 0 Å². The lowest BCUT2D eigenvalue weighted by atomic mass is 10.2. The Kier molecular flexibility index (Phi) is 2.87. The van der Waals surface area contributed by atoms with Crippen LogP contribution < -0.4 is 11.4 Å². The lowest BCUT2D eigenvalue weighted by Crippen LogP contribution is -2.25. The third-order valence-corrected chi connectivity index (χ3v) is 4.94. The number of anilines is 1. The number of nitrogens with zero attached hydrogens (tertiary/aromatic N) is 1. The van der Waals surface area contributed by atoms with Crippen LogP contribution in [0.25, 0.3) is 11.0 Å². The van der Waals surface area contributed by atoms with Crippen LogP contribution in [-0.4, -0.2) is 17.4 Å². The summed E-state index contributed by atoms with van der Waals surface area (Å²) in [6.07, 6.45) is 0. The van der Waals surface area contributed by atoms with Crippen molar-refractivity contribution in [1.29, 1.82) is 0 Å². The average molecular weight is 303 g/mol.